The molecule has 0 radical (unpaired) electrons. The van der Waals surface area contributed by atoms with E-state index in [1.807, 2.05) is 6.92 Å². The van der Waals surface area contributed by atoms with Crippen molar-refractivity contribution in [3.05, 3.63) is 47.6 Å². The second kappa shape index (κ2) is 10.4. The molecule has 1 amide bonds. The van der Waals surface area contributed by atoms with E-state index in [1.54, 1.807) is 30.7 Å². The molecule has 36 heavy (non-hydrogen) atoms. The Bertz CT molecular complexity index is 1340. The highest BCUT2D eigenvalue weighted by Gasteiger charge is 2.36. The Hall–Kier alpha value is -3.16. The smallest absolute Gasteiger partial charge is 0.280 e. The Labute approximate surface area is 212 Å². The SMILES string of the molecule is CCOc1cncc(-c2cnc(C(=O)N[C@H](c3cc(NS(=O)(=O)C4CC4)ccn3)[C@H]3CCOC3)s2)n1. The van der Waals surface area contributed by atoms with E-state index >= 15 is 0 Å². The number of rotatable bonds is 10. The maximum Gasteiger partial charge on any atom is 0.280 e. The van der Waals surface area contributed by atoms with E-state index in [4.69, 9.17) is 9.47 Å². The lowest BCUT2D eigenvalue weighted by Crippen LogP contribution is -2.34. The molecule has 3 aromatic heterocycles. The first-order valence-electron chi connectivity index (χ1n) is 11.7. The van der Waals surface area contributed by atoms with Crippen LogP contribution in [0.2, 0.25) is 0 Å². The number of nitrogens with one attached hydrogen (secondary N) is 2. The van der Waals surface area contributed by atoms with Gasteiger partial charge in [0.2, 0.25) is 15.9 Å². The maximum absolute atomic E-state index is 13.2. The first-order chi connectivity index (χ1) is 17.4. The third-order valence-corrected chi connectivity index (χ3v) is 8.79. The number of hydrogen-bond donors (Lipinski definition) is 2. The normalized spacial score (nSPS) is 18.5. The van der Waals surface area contributed by atoms with Crippen LogP contribution < -0.4 is 14.8 Å². The number of pyridine rings is 1. The minimum Gasteiger partial charge on any atom is -0.477 e. The summed E-state index contributed by atoms with van der Waals surface area (Å²) in [5.41, 5.74) is 1.55. The summed E-state index contributed by atoms with van der Waals surface area (Å²) in [5, 5.41) is 2.97. The minimum absolute atomic E-state index is 0.00934. The highest BCUT2D eigenvalue weighted by molar-refractivity contribution is 7.93. The zero-order valence-corrected chi connectivity index (χ0v) is 21.2. The van der Waals surface area contributed by atoms with Crippen molar-refractivity contribution in [2.45, 2.75) is 37.5 Å². The predicted molar refractivity (Wildman–Crippen MR) is 133 cm³/mol. The van der Waals surface area contributed by atoms with Gasteiger partial charge in [-0.3, -0.25) is 19.5 Å². The van der Waals surface area contributed by atoms with Gasteiger partial charge in [-0.05, 0) is 38.3 Å². The van der Waals surface area contributed by atoms with Crippen LogP contribution in [0.5, 0.6) is 5.88 Å². The Morgan fingerprint density at radius 3 is 2.86 bits per heavy atom. The molecule has 11 nitrogen and oxygen atoms in total. The molecule has 0 spiro atoms. The number of aromatic nitrogens is 4. The van der Waals surface area contributed by atoms with Crippen molar-refractivity contribution in [2.24, 2.45) is 5.92 Å². The van der Waals surface area contributed by atoms with Crippen LogP contribution in [0.1, 0.15) is 47.7 Å². The van der Waals surface area contributed by atoms with Gasteiger partial charge in [0, 0.05) is 24.9 Å². The van der Waals surface area contributed by atoms with Crippen LogP contribution in [-0.2, 0) is 14.8 Å². The minimum atomic E-state index is -3.42. The fourth-order valence-corrected chi connectivity index (χ4v) is 6.09. The number of thiazole rings is 1. The van der Waals surface area contributed by atoms with Gasteiger partial charge in [0.1, 0.15) is 5.69 Å². The number of sulfonamides is 1. The molecular weight excluding hydrogens is 504 g/mol. The second-order valence-corrected chi connectivity index (χ2v) is 11.6. The van der Waals surface area contributed by atoms with Crippen molar-refractivity contribution in [3.63, 3.8) is 0 Å². The van der Waals surface area contributed by atoms with Gasteiger partial charge in [-0.1, -0.05) is 0 Å². The maximum atomic E-state index is 13.2. The van der Waals surface area contributed by atoms with Crippen LogP contribution in [0, 0.1) is 5.92 Å². The number of amides is 1. The fraction of sp³-hybridized carbons (Fsp3) is 0.435. The molecule has 1 saturated heterocycles. The highest BCUT2D eigenvalue weighted by atomic mass is 32.2. The molecule has 1 aliphatic carbocycles. The molecule has 190 valence electrons. The Kier molecular flexibility index (Phi) is 7.12. The topological polar surface area (TPSA) is 145 Å². The molecular formula is C23H26N6O5S2. The van der Waals surface area contributed by atoms with E-state index in [2.05, 4.69) is 30.0 Å². The summed E-state index contributed by atoms with van der Waals surface area (Å²) in [6, 6.07) is 2.81. The third-order valence-electron chi connectivity index (χ3n) is 5.90. The van der Waals surface area contributed by atoms with E-state index < -0.39 is 16.1 Å². The van der Waals surface area contributed by atoms with E-state index in [0.29, 0.717) is 60.5 Å². The average Bonchev–Trinajstić information content (AvgIpc) is 3.38. The quantitative estimate of drug-likeness (QED) is 0.404. The van der Waals surface area contributed by atoms with Crippen LogP contribution in [0.4, 0.5) is 5.69 Å². The largest absolute Gasteiger partial charge is 0.477 e. The standard InChI is InChI=1S/C23H26N6O5S2/c1-2-34-20-12-24-10-18(27-20)19-11-26-23(35-19)22(30)28-21(14-6-8-33-13-14)17-9-15(5-7-25-17)29-36(31,32)16-3-4-16/h5,7,9-12,14,16,21H,2-4,6,8,13H2,1H3,(H,25,29)(H,28,30)/t14-,21-/m0/s1. The Morgan fingerprint density at radius 2 is 2.11 bits per heavy atom. The van der Waals surface area contributed by atoms with Gasteiger partial charge in [0.05, 0.1) is 53.2 Å². The zero-order valence-electron chi connectivity index (χ0n) is 19.6. The third kappa shape index (κ3) is 5.63. The Morgan fingerprint density at radius 1 is 1.25 bits per heavy atom. The van der Waals surface area contributed by atoms with E-state index in [0.717, 1.165) is 6.42 Å². The Balaban J connectivity index is 1.35. The zero-order chi connectivity index (χ0) is 25.1. The predicted octanol–water partition coefficient (Wildman–Crippen LogP) is 2.81. The van der Waals surface area contributed by atoms with Crippen LogP contribution in [0.15, 0.2) is 36.9 Å². The summed E-state index contributed by atoms with van der Waals surface area (Å²) < 4.78 is 38.4. The van der Waals surface area contributed by atoms with Gasteiger partial charge in [-0.15, -0.1) is 11.3 Å². The molecule has 2 N–H and O–H groups in total. The lowest BCUT2D eigenvalue weighted by atomic mass is 9.95. The second-order valence-electron chi connectivity index (χ2n) is 8.60. The van der Waals surface area contributed by atoms with Crippen LogP contribution in [0.25, 0.3) is 10.6 Å². The summed E-state index contributed by atoms with van der Waals surface area (Å²) in [6.45, 7) is 3.38. The van der Waals surface area contributed by atoms with E-state index in [9.17, 15) is 13.2 Å². The number of nitrogens with zero attached hydrogens (tertiary/aromatic N) is 4. The van der Waals surface area contributed by atoms with Gasteiger partial charge in [-0.25, -0.2) is 18.4 Å². The van der Waals surface area contributed by atoms with Crippen molar-refractivity contribution in [1.82, 2.24) is 25.3 Å². The van der Waals surface area contributed by atoms with Crippen LogP contribution >= 0.6 is 11.3 Å². The molecule has 4 heterocycles. The van der Waals surface area contributed by atoms with Gasteiger partial charge >= 0.3 is 0 Å². The molecule has 13 heteroatoms. The van der Waals surface area contributed by atoms with Crippen molar-refractivity contribution >= 4 is 33.0 Å². The van der Waals surface area contributed by atoms with Gasteiger partial charge < -0.3 is 14.8 Å². The van der Waals surface area contributed by atoms with E-state index in [1.165, 1.54) is 17.5 Å². The molecule has 0 unspecified atom stereocenters. The number of anilines is 1. The highest BCUT2D eigenvalue weighted by Crippen LogP contribution is 2.33. The lowest BCUT2D eigenvalue weighted by molar-refractivity contribution is 0.0914. The lowest BCUT2D eigenvalue weighted by Gasteiger charge is -2.23. The molecule has 0 bridgehead atoms. The molecule has 2 fully saturated rings. The number of hydrogen-bond acceptors (Lipinski definition) is 10. The van der Waals surface area contributed by atoms with Gasteiger partial charge in [-0.2, -0.15) is 0 Å². The molecule has 2 aliphatic rings. The molecule has 5 rings (SSSR count). The first-order valence-corrected chi connectivity index (χ1v) is 14.1. The van der Waals surface area contributed by atoms with Crippen molar-refractivity contribution in [3.8, 4) is 16.5 Å². The molecule has 0 aromatic carbocycles. The van der Waals surface area contributed by atoms with Crippen LogP contribution in [0.3, 0.4) is 0 Å². The van der Waals surface area contributed by atoms with E-state index in [-0.39, 0.29) is 22.1 Å². The van der Waals surface area contributed by atoms with Crippen molar-refractivity contribution < 1.29 is 22.7 Å². The van der Waals surface area contributed by atoms with Crippen LogP contribution in [-0.4, -0.2) is 59.3 Å². The monoisotopic (exact) mass is 530 g/mol. The number of carbonyl (C=O) groups excluding carboxylic acids is 1. The summed E-state index contributed by atoms with van der Waals surface area (Å²) in [4.78, 5) is 31.2. The summed E-state index contributed by atoms with van der Waals surface area (Å²) in [7, 11) is -3.42. The summed E-state index contributed by atoms with van der Waals surface area (Å²) in [6.07, 6.45) is 8.33. The molecule has 1 aliphatic heterocycles. The first kappa shape index (κ1) is 24.5. The van der Waals surface area contributed by atoms with Crippen molar-refractivity contribution in [1.29, 1.82) is 0 Å². The number of carbonyl (C=O) groups is 1. The van der Waals surface area contributed by atoms with Gasteiger partial charge in [0.15, 0.2) is 5.01 Å². The molecule has 3 aromatic rings. The fourth-order valence-electron chi connectivity index (χ4n) is 3.94. The average molecular weight is 531 g/mol. The summed E-state index contributed by atoms with van der Waals surface area (Å²) >= 11 is 1.20. The molecule has 2 atom stereocenters. The van der Waals surface area contributed by atoms with Crippen molar-refractivity contribution in [2.75, 3.05) is 24.5 Å². The number of ether oxygens (including phenoxy) is 2. The molecule has 1 saturated carbocycles. The van der Waals surface area contributed by atoms with Gasteiger partial charge in [0.25, 0.3) is 5.91 Å². The summed E-state index contributed by atoms with van der Waals surface area (Å²) in [5.74, 6) is 0.0340.